The Hall–Kier alpha value is -2.47. The van der Waals surface area contributed by atoms with Gasteiger partial charge in [0.05, 0.1) is 6.61 Å². The van der Waals surface area contributed by atoms with Crippen LogP contribution in [0, 0.1) is 5.92 Å². The molecule has 144 valence electrons. The molecular weight excluding hydrogens is 346 g/mol. The molecule has 0 aromatic heterocycles. The number of rotatable bonds is 6. The SMILES string of the molecule is CCOCCOC(=O)C1C(C)=NC2=C(C(=O)CCC2)[C@H]1c1cccc(O)c1. The molecule has 2 atom stereocenters. The summed E-state index contributed by atoms with van der Waals surface area (Å²) in [4.78, 5) is 30.2. The van der Waals surface area contributed by atoms with Crippen molar-refractivity contribution >= 4 is 17.5 Å². The number of hydrogen-bond acceptors (Lipinski definition) is 6. The van der Waals surface area contributed by atoms with Gasteiger partial charge < -0.3 is 14.6 Å². The number of carbonyl (C=O) groups excluding carboxylic acids is 2. The highest BCUT2D eigenvalue weighted by Crippen LogP contribution is 2.44. The van der Waals surface area contributed by atoms with Crippen LogP contribution in [0.3, 0.4) is 0 Å². The number of carbonyl (C=O) groups is 2. The zero-order chi connectivity index (χ0) is 19.4. The zero-order valence-electron chi connectivity index (χ0n) is 15.7. The van der Waals surface area contributed by atoms with Gasteiger partial charge in [0.2, 0.25) is 0 Å². The molecule has 0 fully saturated rings. The van der Waals surface area contributed by atoms with Crippen LogP contribution in [0.5, 0.6) is 5.75 Å². The second-order valence-electron chi connectivity index (χ2n) is 6.81. The minimum Gasteiger partial charge on any atom is -0.508 e. The lowest BCUT2D eigenvalue weighted by molar-refractivity contribution is -0.148. The number of allylic oxidation sites excluding steroid dienone is 2. The first-order valence-corrected chi connectivity index (χ1v) is 9.37. The van der Waals surface area contributed by atoms with Crippen molar-refractivity contribution in [1.29, 1.82) is 0 Å². The van der Waals surface area contributed by atoms with Gasteiger partial charge in [0.1, 0.15) is 18.3 Å². The van der Waals surface area contributed by atoms with Crippen LogP contribution in [0.25, 0.3) is 0 Å². The first kappa shape index (κ1) is 19.3. The second kappa shape index (κ2) is 8.48. The van der Waals surface area contributed by atoms with Gasteiger partial charge in [-0.1, -0.05) is 12.1 Å². The number of nitrogens with zero attached hydrogens (tertiary/aromatic N) is 1. The van der Waals surface area contributed by atoms with Crippen LogP contribution in [0.1, 0.15) is 44.6 Å². The second-order valence-corrected chi connectivity index (χ2v) is 6.81. The molecule has 1 unspecified atom stereocenters. The molecule has 6 heteroatoms. The van der Waals surface area contributed by atoms with Crippen molar-refractivity contribution in [2.75, 3.05) is 19.8 Å². The lowest BCUT2D eigenvalue weighted by Gasteiger charge is -2.34. The molecule has 0 spiro atoms. The van der Waals surface area contributed by atoms with Gasteiger partial charge in [0.15, 0.2) is 5.78 Å². The Morgan fingerprint density at radius 2 is 2.11 bits per heavy atom. The van der Waals surface area contributed by atoms with Gasteiger partial charge in [-0.15, -0.1) is 0 Å². The molecule has 2 aliphatic rings. The fraction of sp³-hybridized carbons (Fsp3) is 0.476. The summed E-state index contributed by atoms with van der Waals surface area (Å²) in [5, 5.41) is 9.93. The summed E-state index contributed by atoms with van der Waals surface area (Å²) >= 11 is 0. The van der Waals surface area contributed by atoms with E-state index in [-0.39, 0.29) is 18.1 Å². The fourth-order valence-electron chi connectivity index (χ4n) is 3.83. The maximum absolute atomic E-state index is 12.9. The van der Waals surface area contributed by atoms with E-state index in [1.54, 1.807) is 25.1 Å². The number of ether oxygens (including phenoxy) is 2. The highest BCUT2D eigenvalue weighted by atomic mass is 16.6. The van der Waals surface area contributed by atoms with Crippen molar-refractivity contribution in [3.8, 4) is 5.75 Å². The number of phenols is 1. The number of benzene rings is 1. The lowest BCUT2D eigenvalue weighted by Crippen LogP contribution is -2.37. The van der Waals surface area contributed by atoms with Gasteiger partial charge in [0.25, 0.3) is 0 Å². The third-order valence-electron chi connectivity index (χ3n) is 4.99. The maximum Gasteiger partial charge on any atom is 0.315 e. The highest BCUT2D eigenvalue weighted by molar-refractivity contribution is 6.08. The number of Topliss-reactive ketones (excluding diaryl/α,β-unsaturated/α-hetero) is 1. The van der Waals surface area contributed by atoms with Crippen molar-refractivity contribution in [2.24, 2.45) is 10.9 Å². The maximum atomic E-state index is 12.9. The van der Waals surface area contributed by atoms with Gasteiger partial charge in [-0.3, -0.25) is 14.6 Å². The topological polar surface area (TPSA) is 85.2 Å². The van der Waals surface area contributed by atoms with E-state index in [9.17, 15) is 14.7 Å². The Bertz CT molecular complexity index is 796. The minimum absolute atomic E-state index is 0.0213. The van der Waals surface area contributed by atoms with Crippen molar-refractivity contribution in [1.82, 2.24) is 0 Å². The van der Waals surface area contributed by atoms with Crippen LogP contribution < -0.4 is 0 Å². The number of ketones is 1. The summed E-state index contributed by atoms with van der Waals surface area (Å²) in [5.74, 6) is -1.48. The van der Waals surface area contributed by atoms with Gasteiger partial charge in [-0.05, 0) is 44.4 Å². The minimum atomic E-state index is -0.686. The summed E-state index contributed by atoms with van der Waals surface area (Å²) in [6.45, 7) is 4.71. The van der Waals surface area contributed by atoms with E-state index in [0.29, 0.717) is 30.9 Å². The lowest BCUT2D eigenvalue weighted by atomic mass is 9.72. The molecule has 0 amide bonds. The Morgan fingerprint density at radius 3 is 2.85 bits per heavy atom. The molecule has 1 aliphatic carbocycles. The van der Waals surface area contributed by atoms with E-state index in [4.69, 9.17) is 9.47 Å². The van der Waals surface area contributed by atoms with Crippen LogP contribution >= 0.6 is 0 Å². The number of esters is 1. The molecule has 0 saturated carbocycles. The number of hydrogen-bond donors (Lipinski definition) is 1. The monoisotopic (exact) mass is 371 g/mol. The van der Waals surface area contributed by atoms with E-state index in [1.807, 2.05) is 13.0 Å². The first-order chi connectivity index (χ1) is 13.0. The van der Waals surface area contributed by atoms with Crippen molar-refractivity contribution in [3.05, 3.63) is 41.1 Å². The quantitative estimate of drug-likeness (QED) is 0.613. The largest absolute Gasteiger partial charge is 0.508 e. The predicted molar refractivity (Wildman–Crippen MR) is 101 cm³/mol. The Labute approximate surface area is 158 Å². The molecule has 0 radical (unpaired) electrons. The van der Waals surface area contributed by atoms with E-state index < -0.39 is 17.8 Å². The number of aliphatic imine (C=N–C) groups is 1. The third-order valence-corrected chi connectivity index (χ3v) is 4.99. The molecule has 1 heterocycles. The molecular formula is C21H25NO5. The average molecular weight is 371 g/mol. The van der Waals surface area contributed by atoms with Crippen molar-refractivity contribution in [2.45, 2.75) is 39.0 Å². The van der Waals surface area contributed by atoms with Crippen molar-refractivity contribution < 1.29 is 24.2 Å². The number of phenolic OH excluding ortho intramolecular Hbond substituents is 1. The standard InChI is InChI=1S/C21H25NO5/c1-3-26-10-11-27-21(25)18-13(2)22-16-8-5-9-17(24)20(16)19(18)14-6-4-7-15(23)12-14/h4,6-7,12,18-19,23H,3,5,8-11H2,1-2H3/t18?,19-/m0/s1. The molecule has 3 rings (SSSR count). The summed E-state index contributed by atoms with van der Waals surface area (Å²) < 4.78 is 10.6. The van der Waals surface area contributed by atoms with Crippen LogP contribution in [-0.4, -0.2) is 42.4 Å². The summed E-state index contributed by atoms with van der Waals surface area (Å²) in [7, 11) is 0. The van der Waals surface area contributed by atoms with E-state index in [0.717, 1.165) is 24.1 Å². The molecule has 6 nitrogen and oxygen atoms in total. The van der Waals surface area contributed by atoms with Crippen molar-refractivity contribution in [3.63, 3.8) is 0 Å². The summed E-state index contributed by atoms with van der Waals surface area (Å²) in [6.07, 6.45) is 1.94. The third kappa shape index (κ3) is 4.11. The normalized spacial score (nSPS) is 22.3. The van der Waals surface area contributed by atoms with Gasteiger partial charge in [-0.2, -0.15) is 0 Å². The van der Waals surface area contributed by atoms with Gasteiger partial charge in [0, 0.05) is 35.9 Å². The molecule has 1 aromatic rings. The van der Waals surface area contributed by atoms with E-state index >= 15 is 0 Å². The predicted octanol–water partition coefficient (Wildman–Crippen LogP) is 3.15. The van der Waals surface area contributed by atoms with Crippen LogP contribution in [0.2, 0.25) is 0 Å². The van der Waals surface area contributed by atoms with Crippen LogP contribution in [0.4, 0.5) is 0 Å². The molecule has 1 aliphatic heterocycles. The Kier molecular flexibility index (Phi) is 6.06. The summed E-state index contributed by atoms with van der Waals surface area (Å²) in [5.41, 5.74) is 2.71. The van der Waals surface area contributed by atoms with Crippen LogP contribution in [-0.2, 0) is 19.1 Å². The highest BCUT2D eigenvalue weighted by Gasteiger charge is 2.43. The van der Waals surface area contributed by atoms with E-state index in [1.165, 1.54) is 0 Å². The fourth-order valence-corrected chi connectivity index (χ4v) is 3.83. The Morgan fingerprint density at radius 1 is 1.30 bits per heavy atom. The molecule has 0 bridgehead atoms. The molecule has 27 heavy (non-hydrogen) atoms. The smallest absolute Gasteiger partial charge is 0.315 e. The average Bonchev–Trinajstić information content (AvgIpc) is 2.64. The van der Waals surface area contributed by atoms with E-state index in [2.05, 4.69) is 4.99 Å². The number of aromatic hydroxyl groups is 1. The zero-order valence-corrected chi connectivity index (χ0v) is 15.7. The summed E-state index contributed by atoms with van der Waals surface area (Å²) in [6, 6.07) is 6.73. The van der Waals surface area contributed by atoms with Gasteiger partial charge in [-0.25, -0.2) is 0 Å². The van der Waals surface area contributed by atoms with Gasteiger partial charge >= 0.3 is 5.97 Å². The Balaban J connectivity index is 1.98. The molecule has 1 aromatic carbocycles. The van der Waals surface area contributed by atoms with Crippen LogP contribution in [0.15, 0.2) is 40.5 Å². The molecule has 0 saturated heterocycles. The molecule has 1 N–H and O–H groups in total. The first-order valence-electron chi connectivity index (χ1n) is 9.37.